The molecule has 0 aromatic heterocycles. The van der Waals surface area contributed by atoms with Crippen molar-refractivity contribution in [3.8, 4) is 0 Å². The zero-order valence-corrected chi connectivity index (χ0v) is 11.1. The average molecular weight is 228 g/mol. The smallest absolute Gasteiger partial charge is 0.0702 e. The highest BCUT2D eigenvalue weighted by molar-refractivity contribution is 4.74. The van der Waals surface area contributed by atoms with Gasteiger partial charge in [0.1, 0.15) is 0 Å². The summed E-state index contributed by atoms with van der Waals surface area (Å²) in [7, 11) is 0. The maximum absolute atomic E-state index is 5.83. The fourth-order valence-electron chi connectivity index (χ4n) is 2.30. The number of nitrogens with two attached hydrogens (primary N) is 1. The molecule has 3 nitrogen and oxygen atoms in total. The van der Waals surface area contributed by atoms with Gasteiger partial charge in [0.05, 0.1) is 6.10 Å². The molecule has 2 atom stereocenters. The minimum absolute atomic E-state index is 0.463. The SMILES string of the molecule is CCN(CC1CCCO1)CC(CN)C(C)C. The van der Waals surface area contributed by atoms with Crippen molar-refractivity contribution in [1.29, 1.82) is 0 Å². The van der Waals surface area contributed by atoms with Crippen LogP contribution in [0, 0.1) is 11.8 Å². The molecule has 96 valence electrons. The van der Waals surface area contributed by atoms with E-state index in [0.29, 0.717) is 17.9 Å². The molecule has 16 heavy (non-hydrogen) atoms. The summed E-state index contributed by atoms with van der Waals surface area (Å²) in [5.74, 6) is 1.28. The summed E-state index contributed by atoms with van der Waals surface area (Å²) in [5.41, 5.74) is 5.83. The predicted octanol–water partition coefficient (Wildman–Crippen LogP) is 1.72. The second-order valence-electron chi connectivity index (χ2n) is 5.23. The van der Waals surface area contributed by atoms with Crippen molar-refractivity contribution in [2.24, 2.45) is 17.6 Å². The molecule has 0 aromatic rings. The van der Waals surface area contributed by atoms with E-state index in [2.05, 4.69) is 25.7 Å². The first-order chi connectivity index (χ1) is 7.67. The van der Waals surface area contributed by atoms with Crippen molar-refractivity contribution < 1.29 is 4.74 Å². The maximum Gasteiger partial charge on any atom is 0.0702 e. The van der Waals surface area contributed by atoms with Crippen molar-refractivity contribution in [2.75, 3.05) is 32.8 Å². The van der Waals surface area contributed by atoms with E-state index < -0.39 is 0 Å². The van der Waals surface area contributed by atoms with Crippen molar-refractivity contribution in [2.45, 2.75) is 39.7 Å². The molecule has 1 rings (SSSR count). The number of nitrogens with zero attached hydrogens (tertiary/aromatic N) is 1. The maximum atomic E-state index is 5.83. The van der Waals surface area contributed by atoms with Crippen molar-refractivity contribution >= 4 is 0 Å². The first-order valence-corrected chi connectivity index (χ1v) is 6.71. The van der Waals surface area contributed by atoms with Gasteiger partial charge in [-0.25, -0.2) is 0 Å². The number of ether oxygens (including phenoxy) is 1. The lowest BCUT2D eigenvalue weighted by Crippen LogP contribution is -2.39. The molecule has 1 heterocycles. The van der Waals surface area contributed by atoms with E-state index in [1.54, 1.807) is 0 Å². The lowest BCUT2D eigenvalue weighted by atomic mass is 9.95. The number of hydrogen-bond acceptors (Lipinski definition) is 3. The third-order valence-corrected chi connectivity index (χ3v) is 3.67. The molecule has 2 unspecified atom stereocenters. The summed E-state index contributed by atoms with van der Waals surface area (Å²) >= 11 is 0. The van der Waals surface area contributed by atoms with Crippen LogP contribution >= 0.6 is 0 Å². The molecular weight excluding hydrogens is 200 g/mol. The zero-order valence-electron chi connectivity index (χ0n) is 11.1. The predicted molar refractivity (Wildman–Crippen MR) is 68.5 cm³/mol. The molecule has 1 saturated heterocycles. The molecule has 0 bridgehead atoms. The summed E-state index contributed by atoms with van der Waals surface area (Å²) in [4.78, 5) is 2.49. The molecule has 1 fully saturated rings. The van der Waals surface area contributed by atoms with Crippen molar-refractivity contribution in [3.63, 3.8) is 0 Å². The summed E-state index contributed by atoms with van der Waals surface area (Å²) in [6, 6.07) is 0. The Hall–Kier alpha value is -0.120. The van der Waals surface area contributed by atoms with Crippen LogP contribution in [0.25, 0.3) is 0 Å². The minimum atomic E-state index is 0.463. The fourth-order valence-corrected chi connectivity index (χ4v) is 2.30. The van der Waals surface area contributed by atoms with E-state index >= 15 is 0 Å². The molecule has 1 aliphatic heterocycles. The molecule has 2 N–H and O–H groups in total. The molecule has 1 aliphatic rings. The van der Waals surface area contributed by atoms with Gasteiger partial charge in [0.25, 0.3) is 0 Å². The monoisotopic (exact) mass is 228 g/mol. The highest BCUT2D eigenvalue weighted by Crippen LogP contribution is 2.16. The molecule has 0 saturated carbocycles. The summed E-state index contributed by atoms with van der Waals surface area (Å²) in [5, 5.41) is 0. The average Bonchev–Trinajstić information content (AvgIpc) is 2.76. The Kier molecular flexibility index (Phi) is 6.32. The first-order valence-electron chi connectivity index (χ1n) is 6.71. The van der Waals surface area contributed by atoms with Gasteiger partial charge in [-0.05, 0) is 37.8 Å². The molecule has 0 aliphatic carbocycles. The van der Waals surface area contributed by atoms with Crippen LogP contribution in [0.5, 0.6) is 0 Å². The Morgan fingerprint density at radius 3 is 2.62 bits per heavy atom. The molecule has 0 radical (unpaired) electrons. The first kappa shape index (κ1) is 13.9. The van der Waals surface area contributed by atoms with Crippen LogP contribution in [0.15, 0.2) is 0 Å². The van der Waals surface area contributed by atoms with Crippen molar-refractivity contribution in [3.05, 3.63) is 0 Å². The number of rotatable bonds is 7. The van der Waals surface area contributed by atoms with Gasteiger partial charge in [0.15, 0.2) is 0 Å². The second kappa shape index (κ2) is 7.25. The van der Waals surface area contributed by atoms with Crippen LogP contribution in [-0.2, 0) is 4.74 Å². The van der Waals surface area contributed by atoms with E-state index in [1.165, 1.54) is 12.8 Å². The van der Waals surface area contributed by atoms with Crippen LogP contribution < -0.4 is 5.73 Å². The Balaban J connectivity index is 2.34. The topological polar surface area (TPSA) is 38.5 Å². The summed E-state index contributed by atoms with van der Waals surface area (Å²) in [6.07, 6.45) is 2.92. The molecular formula is C13H28N2O. The fraction of sp³-hybridized carbons (Fsp3) is 1.00. The van der Waals surface area contributed by atoms with Gasteiger partial charge in [0.2, 0.25) is 0 Å². The lowest BCUT2D eigenvalue weighted by Gasteiger charge is -2.29. The third kappa shape index (κ3) is 4.40. The third-order valence-electron chi connectivity index (χ3n) is 3.67. The lowest BCUT2D eigenvalue weighted by molar-refractivity contribution is 0.0668. The van der Waals surface area contributed by atoms with Crippen molar-refractivity contribution in [1.82, 2.24) is 4.90 Å². The van der Waals surface area contributed by atoms with Crippen LogP contribution in [0.4, 0.5) is 0 Å². The number of hydrogen-bond donors (Lipinski definition) is 1. The minimum Gasteiger partial charge on any atom is -0.377 e. The molecule has 0 aromatic carbocycles. The normalized spacial score (nSPS) is 23.2. The Morgan fingerprint density at radius 1 is 1.44 bits per heavy atom. The highest BCUT2D eigenvalue weighted by atomic mass is 16.5. The van der Waals surface area contributed by atoms with E-state index in [1.807, 2.05) is 0 Å². The second-order valence-corrected chi connectivity index (χ2v) is 5.23. The van der Waals surface area contributed by atoms with Crippen LogP contribution in [-0.4, -0.2) is 43.8 Å². The van der Waals surface area contributed by atoms with Gasteiger partial charge >= 0.3 is 0 Å². The molecule has 3 heteroatoms. The van der Waals surface area contributed by atoms with Gasteiger partial charge in [-0.15, -0.1) is 0 Å². The summed E-state index contributed by atoms with van der Waals surface area (Å²) in [6.45, 7) is 11.8. The van der Waals surface area contributed by atoms with E-state index in [4.69, 9.17) is 10.5 Å². The highest BCUT2D eigenvalue weighted by Gasteiger charge is 2.21. The summed E-state index contributed by atoms with van der Waals surface area (Å²) < 4.78 is 5.69. The largest absolute Gasteiger partial charge is 0.377 e. The van der Waals surface area contributed by atoms with Crippen LogP contribution in [0.2, 0.25) is 0 Å². The molecule has 0 spiro atoms. The van der Waals surface area contributed by atoms with Gasteiger partial charge in [-0.1, -0.05) is 20.8 Å². The van der Waals surface area contributed by atoms with Gasteiger partial charge < -0.3 is 15.4 Å². The Morgan fingerprint density at radius 2 is 2.19 bits per heavy atom. The number of likely N-dealkylation sites (N-methyl/N-ethyl adjacent to an activating group) is 1. The van der Waals surface area contributed by atoms with E-state index in [0.717, 1.165) is 32.8 Å². The van der Waals surface area contributed by atoms with Gasteiger partial charge in [0, 0.05) is 19.7 Å². The van der Waals surface area contributed by atoms with Crippen LogP contribution in [0.3, 0.4) is 0 Å². The van der Waals surface area contributed by atoms with Gasteiger partial charge in [-0.3, -0.25) is 0 Å². The standard InChI is InChI=1S/C13H28N2O/c1-4-15(9-12(8-14)11(2)3)10-13-6-5-7-16-13/h11-13H,4-10,14H2,1-3H3. The zero-order chi connectivity index (χ0) is 12.0. The van der Waals surface area contributed by atoms with Crippen LogP contribution in [0.1, 0.15) is 33.6 Å². The molecule has 0 amide bonds. The Labute approximate surface area is 100 Å². The Bertz CT molecular complexity index is 179. The van der Waals surface area contributed by atoms with E-state index in [-0.39, 0.29) is 0 Å². The van der Waals surface area contributed by atoms with E-state index in [9.17, 15) is 0 Å². The quantitative estimate of drug-likeness (QED) is 0.721. The van der Waals surface area contributed by atoms with Gasteiger partial charge in [-0.2, -0.15) is 0 Å².